The summed E-state index contributed by atoms with van der Waals surface area (Å²) >= 11 is 0. The second-order valence-corrected chi connectivity index (χ2v) is 11.3. The van der Waals surface area contributed by atoms with Gasteiger partial charge in [-0.1, -0.05) is 33.6 Å². The molecule has 4 aliphatic carbocycles. The Morgan fingerprint density at radius 3 is 2.48 bits per heavy atom. The Labute approximate surface area is 177 Å². The number of rotatable bonds is 5. The van der Waals surface area contributed by atoms with Crippen molar-refractivity contribution >= 4 is 11.8 Å². The van der Waals surface area contributed by atoms with Crippen LogP contribution in [0.4, 0.5) is 0 Å². The van der Waals surface area contributed by atoms with Crippen LogP contribution in [0.15, 0.2) is 0 Å². The van der Waals surface area contributed by atoms with Crippen molar-refractivity contribution in [3.63, 3.8) is 0 Å². The molecule has 4 saturated carbocycles. The summed E-state index contributed by atoms with van der Waals surface area (Å²) in [6.45, 7) is 7.31. The molecule has 0 bridgehead atoms. The van der Waals surface area contributed by atoms with Gasteiger partial charge in [-0.15, -0.1) is 0 Å². The Kier molecular flexibility index (Phi) is 5.90. The fourth-order valence-corrected chi connectivity index (χ4v) is 8.89. The van der Waals surface area contributed by atoms with Crippen LogP contribution in [0.25, 0.3) is 0 Å². The molecule has 0 aromatic heterocycles. The lowest BCUT2D eigenvalue weighted by Crippen LogP contribution is -2.59. The molecule has 8 unspecified atom stereocenters. The van der Waals surface area contributed by atoms with Gasteiger partial charge >= 0.3 is 5.97 Å². The molecule has 4 aliphatic rings. The molecule has 0 spiro atoms. The van der Waals surface area contributed by atoms with Gasteiger partial charge in [-0.25, -0.2) is 0 Å². The number of hydrogen-bond acceptors (Lipinski definition) is 3. The van der Waals surface area contributed by atoms with Gasteiger partial charge in [0, 0.05) is 18.3 Å². The van der Waals surface area contributed by atoms with Crippen LogP contribution in [-0.4, -0.2) is 18.9 Å². The maximum Gasteiger partial charge on any atom is 0.305 e. The molecule has 0 radical (unpaired) electrons. The highest BCUT2D eigenvalue weighted by molar-refractivity contribution is 5.86. The predicted molar refractivity (Wildman–Crippen MR) is 115 cm³/mol. The van der Waals surface area contributed by atoms with Gasteiger partial charge in [-0.2, -0.15) is 0 Å². The number of ether oxygens (including phenoxy) is 1. The second kappa shape index (κ2) is 8.00. The standard InChI is InChI=1S/C26H42O3/c1-5-18-19-10-6-7-15-26(19,3)21-14-16-25(2)17(9-8-11-22(27)29-4)12-13-20(25)23(21)24(18)28/h17-21,23H,5-16H2,1-4H3. The monoisotopic (exact) mass is 402 g/mol. The van der Waals surface area contributed by atoms with Crippen LogP contribution in [0, 0.1) is 46.3 Å². The molecule has 4 fully saturated rings. The van der Waals surface area contributed by atoms with Gasteiger partial charge in [-0.05, 0) is 92.3 Å². The van der Waals surface area contributed by atoms with Crippen molar-refractivity contribution in [2.45, 2.75) is 97.8 Å². The summed E-state index contributed by atoms with van der Waals surface area (Å²) < 4.78 is 4.83. The number of ketones is 1. The van der Waals surface area contributed by atoms with E-state index in [1.807, 2.05) is 0 Å². The third-order valence-corrected chi connectivity index (χ3v) is 10.4. The van der Waals surface area contributed by atoms with E-state index in [4.69, 9.17) is 4.74 Å². The van der Waals surface area contributed by atoms with E-state index < -0.39 is 0 Å². The summed E-state index contributed by atoms with van der Waals surface area (Å²) in [5.74, 6) is 3.68. The average Bonchev–Trinajstić information content (AvgIpc) is 3.05. The third kappa shape index (κ3) is 3.30. The van der Waals surface area contributed by atoms with Gasteiger partial charge in [0.1, 0.15) is 5.78 Å². The highest BCUT2D eigenvalue weighted by Crippen LogP contribution is 2.68. The van der Waals surface area contributed by atoms with Gasteiger partial charge in [0.15, 0.2) is 0 Å². The lowest BCUT2D eigenvalue weighted by Gasteiger charge is -2.61. The zero-order valence-electron chi connectivity index (χ0n) is 19.2. The third-order valence-electron chi connectivity index (χ3n) is 10.4. The molecule has 0 heterocycles. The Bertz CT molecular complexity index is 642. The number of fused-ring (bicyclic) bond motifs is 5. The average molecular weight is 403 g/mol. The molecular formula is C26H42O3. The predicted octanol–water partition coefficient (Wildman–Crippen LogP) is 6.19. The minimum absolute atomic E-state index is 0.0853. The number of methoxy groups -OCH3 is 1. The largest absolute Gasteiger partial charge is 0.469 e. The molecule has 29 heavy (non-hydrogen) atoms. The quantitative estimate of drug-likeness (QED) is 0.515. The first-order valence-electron chi connectivity index (χ1n) is 12.5. The zero-order chi connectivity index (χ0) is 20.8. The normalized spacial score (nSPS) is 46.6. The second-order valence-electron chi connectivity index (χ2n) is 11.3. The molecule has 4 rings (SSSR count). The van der Waals surface area contributed by atoms with E-state index in [1.165, 1.54) is 58.5 Å². The fraction of sp³-hybridized carbons (Fsp3) is 0.923. The SMILES string of the molecule is CCC1C(=O)C2C3CCC(CCCC(=O)OC)C3(C)CCC2C2(C)CCCCC12. The summed E-state index contributed by atoms with van der Waals surface area (Å²) in [7, 11) is 1.48. The van der Waals surface area contributed by atoms with Crippen molar-refractivity contribution < 1.29 is 14.3 Å². The Balaban J connectivity index is 1.56. The number of Topliss-reactive ketones (excluding diaryl/α,β-unsaturated/α-hetero) is 1. The van der Waals surface area contributed by atoms with Crippen LogP contribution in [0.2, 0.25) is 0 Å². The van der Waals surface area contributed by atoms with Crippen molar-refractivity contribution in [2.75, 3.05) is 7.11 Å². The maximum absolute atomic E-state index is 13.9. The van der Waals surface area contributed by atoms with Gasteiger partial charge in [0.25, 0.3) is 0 Å². The van der Waals surface area contributed by atoms with E-state index in [0.29, 0.717) is 58.5 Å². The first-order valence-corrected chi connectivity index (χ1v) is 12.5. The summed E-state index contributed by atoms with van der Waals surface area (Å²) in [6, 6.07) is 0. The number of hydrogen-bond donors (Lipinski definition) is 0. The summed E-state index contributed by atoms with van der Waals surface area (Å²) in [5, 5.41) is 0. The van der Waals surface area contributed by atoms with E-state index in [9.17, 15) is 9.59 Å². The molecule has 3 heteroatoms. The van der Waals surface area contributed by atoms with Crippen LogP contribution in [-0.2, 0) is 14.3 Å². The molecule has 164 valence electrons. The Morgan fingerprint density at radius 2 is 1.76 bits per heavy atom. The molecule has 0 aromatic rings. The van der Waals surface area contributed by atoms with E-state index in [1.54, 1.807) is 0 Å². The van der Waals surface area contributed by atoms with Crippen molar-refractivity contribution in [1.82, 2.24) is 0 Å². The van der Waals surface area contributed by atoms with Gasteiger partial charge in [0.2, 0.25) is 0 Å². The van der Waals surface area contributed by atoms with Gasteiger partial charge < -0.3 is 4.74 Å². The smallest absolute Gasteiger partial charge is 0.305 e. The lowest BCUT2D eigenvalue weighted by atomic mass is 9.42. The maximum atomic E-state index is 13.9. The summed E-state index contributed by atoms with van der Waals surface area (Å²) in [5.41, 5.74) is 0.685. The minimum atomic E-state index is -0.0853. The van der Waals surface area contributed by atoms with Crippen molar-refractivity contribution in [3.05, 3.63) is 0 Å². The van der Waals surface area contributed by atoms with Crippen LogP contribution in [0.3, 0.4) is 0 Å². The van der Waals surface area contributed by atoms with E-state index in [2.05, 4.69) is 20.8 Å². The van der Waals surface area contributed by atoms with Crippen molar-refractivity contribution in [1.29, 1.82) is 0 Å². The molecule has 0 saturated heterocycles. The summed E-state index contributed by atoms with van der Waals surface area (Å²) in [6.07, 6.45) is 13.9. The molecular weight excluding hydrogens is 360 g/mol. The van der Waals surface area contributed by atoms with Crippen molar-refractivity contribution in [3.8, 4) is 0 Å². The first-order chi connectivity index (χ1) is 13.9. The first kappa shape index (κ1) is 21.4. The van der Waals surface area contributed by atoms with Crippen LogP contribution < -0.4 is 0 Å². The van der Waals surface area contributed by atoms with Gasteiger partial charge in [0.05, 0.1) is 7.11 Å². The van der Waals surface area contributed by atoms with E-state index in [-0.39, 0.29) is 5.97 Å². The van der Waals surface area contributed by atoms with Crippen LogP contribution in [0.5, 0.6) is 0 Å². The molecule has 3 nitrogen and oxygen atoms in total. The fourth-order valence-electron chi connectivity index (χ4n) is 8.89. The Hall–Kier alpha value is -0.860. The molecule has 0 aliphatic heterocycles. The van der Waals surface area contributed by atoms with Crippen LogP contribution >= 0.6 is 0 Å². The Morgan fingerprint density at radius 1 is 1.00 bits per heavy atom. The molecule has 0 amide bonds. The highest BCUT2D eigenvalue weighted by Gasteiger charge is 2.63. The number of esters is 1. The highest BCUT2D eigenvalue weighted by atomic mass is 16.5. The van der Waals surface area contributed by atoms with Crippen molar-refractivity contribution in [2.24, 2.45) is 46.3 Å². The molecule has 0 N–H and O–H groups in total. The number of carbonyl (C=O) groups is 2. The lowest BCUT2D eigenvalue weighted by molar-refractivity contribution is -0.167. The number of carbonyl (C=O) groups excluding carboxylic acids is 2. The van der Waals surface area contributed by atoms with Gasteiger partial charge in [-0.3, -0.25) is 9.59 Å². The summed E-state index contributed by atoms with van der Waals surface area (Å²) in [4.78, 5) is 25.4. The molecule has 0 aromatic carbocycles. The minimum Gasteiger partial charge on any atom is -0.469 e. The zero-order valence-corrected chi connectivity index (χ0v) is 19.2. The topological polar surface area (TPSA) is 43.4 Å². The molecule has 8 atom stereocenters. The van der Waals surface area contributed by atoms with Crippen LogP contribution in [0.1, 0.15) is 97.8 Å². The van der Waals surface area contributed by atoms with E-state index in [0.717, 1.165) is 19.3 Å². The van der Waals surface area contributed by atoms with E-state index >= 15 is 0 Å².